The third kappa shape index (κ3) is 3.93. The summed E-state index contributed by atoms with van der Waals surface area (Å²) in [5, 5.41) is 13.6. The molecule has 0 unspecified atom stereocenters. The quantitative estimate of drug-likeness (QED) is 0.714. The predicted molar refractivity (Wildman–Crippen MR) is 90.8 cm³/mol. The molecular weight excluding hydrogens is 389 g/mol. The van der Waals surface area contributed by atoms with Crippen LogP contribution in [0.4, 0.5) is 5.69 Å². The van der Waals surface area contributed by atoms with Gasteiger partial charge in [-0.05, 0) is 65.4 Å². The highest BCUT2D eigenvalue weighted by atomic mass is 127. The first-order chi connectivity index (χ1) is 9.60. The molecule has 0 aliphatic heterocycles. The van der Waals surface area contributed by atoms with Crippen LogP contribution in [0.25, 0.3) is 0 Å². The smallest absolute Gasteiger partial charge is 0.161 e. The van der Waals surface area contributed by atoms with Crippen LogP contribution < -0.4 is 10.1 Å². The van der Waals surface area contributed by atoms with Crippen molar-refractivity contribution in [3.8, 4) is 11.5 Å². The number of hydrogen-bond donors (Lipinski definition) is 2. The molecule has 0 amide bonds. The van der Waals surface area contributed by atoms with E-state index in [0.29, 0.717) is 23.9 Å². The number of halogens is 2. The van der Waals surface area contributed by atoms with E-state index in [4.69, 9.17) is 16.3 Å². The van der Waals surface area contributed by atoms with Crippen LogP contribution in [0, 0.1) is 3.57 Å². The lowest BCUT2D eigenvalue weighted by Crippen LogP contribution is -2.01. The fourth-order valence-corrected chi connectivity index (χ4v) is 2.69. The molecule has 0 fully saturated rings. The molecule has 2 aromatic rings. The predicted octanol–water partition coefficient (Wildman–Crippen LogP) is 4.66. The summed E-state index contributed by atoms with van der Waals surface area (Å²) in [6.07, 6.45) is 0. The van der Waals surface area contributed by atoms with Crippen LogP contribution >= 0.6 is 34.2 Å². The van der Waals surface area contributed by atoms with Gasteiger partial charge in [-0.3, -0.25) is 0 Å². The third-order valence-corrected chi connectivity index (χ3v) is 3.72. The van der Waals surface area contributed by atoms with Crippen LogP contribution in [0.15, 0.2) is 36.4 Å². The molecule has 106 valence electrons. The van der Waals surface area contributed by atoms with Crippen LogP contribution in [-0.4, -0.2) is 11.7 Å². The van der Waals surface area contributed by atoms with E-state index in [1.807, 2.05) is 37.3 Å². The minimum atomic E-state index is 0.155. The summed E-state index contributed by atoms with van der Waals surface area (Å²) in [6, 6.07) is 11.2. The second-order valence-electron chi connectivity index (χ2n) is 4.21. The molecule has 0 bridgehead atoms. The molecule has 2 rings (SSSR count). The van der Waals surface area contributed by atoms with Crippen molar-refractivity contribution in [2.75, 3.05) is 11.9 Å². The maximum absolute atomic E-state index is 9.66. The summed E-state index contributed by atoms with van der Waals surface area (Å²) in [5.41, 5.74) is 1.90. The maximum Gasteiger partial charge on any atom is 0.161 e. The average molecular weight is 404 g/mol. The Morgan fingerprint density at radius 2 is 2.05 bits per heavy atom. The van der Waals surface area contributed by atoms with Gasteiger partial charge in [-0.2, -0.15) is 0 Å². The first kappa shape index (κ1) is 15.3. The second kappa shape index (κ2) is 7.04. The fraction of sp³-hybridized carbons (Fsp3) is 0.200. The standard InChI is InChI=1S/C15H15ClINO2/c1-2-20-15-7-10(3-6-14(15)19)9-18-13-5-4-11(17)8-12(13)16/h3-8,18-19H,2,9H2,1H3. The first-order valence-electron chi connectivity index (χ1n) is 6.23. The fourth-order valence-electron chi connectivity index (χ4n) is 1.77. The van der Waals surface area contributed by atoms with Crippen LogP contribution in [0.2, 0.25) is 5.02 Å². The summed E-state index contributed by atoms with van der Waals surface area (Å²) >= 11 is 8.39. The molecule has 0 heterocycles. The Bertz CT molecular complexity index is 604. The van der Waals surface area contributed by atoms with E-state index in [1.165, 1.54) is 0 Å². The van der Waals surface area contributed by atoms with Gasteiger partial charge in [-0.25, -0.2) is 0 Å². The van der Waals surface area contributed by atoms with E-state index in [-0.39, 0.29) is 5.75 Å². The van der Waals surface area contributed by atoms with Gasteiger partial charge < -0.3 is 15.2 Å². The van der Waals surface area contributed by atoms with Gasteiger partial charge in [-0.1, -0.05) is 17.7 Å². The maximum atomic E-state index is 9.66. The van der Waals surface area contributed by atoms with Crippen molar-refractivity contribution < 1.29 is 9.84 Å². The van der Waals surface area contributed by atoms with E-state index in [0.717, 1.165) is 14.8 Å². The molecule has 20 heavy (non-hydrogen) atoms. The van der Waals surface area contributed by atoms with Crippen molar-refractivity contribution in [2.24, 2.45) is 0 Å². The van der Waals surface area contributed by atoms with Crippen LogP contribution in [0.3, 0.4) is 0 Å². The summed E-state index contributed by atoms with van der Waals surface area (Å²) in [5.74, 6) is 0.656. The Morgan fingerprint density at radius 1 is 1.25 bits per heavy atom. The van der Waals surface area contributed by atoms with E-state index in [1.54, 1.807) is 6.07 Å². The number of hydrogen-bond acceptors (Lipinski definition) is 3. The third-order valence-electron chi connectivity index (χ3n) is 2.74. The highest BCUT2D eigenvalue weighted by Crippen LogP contribution is 2.28. The number of nitrogens with one attached hydrogen (secondary N) is 1. The summed E-state index contributed by atoms with van der Waals surface area (Å²) in [6.45, 7) is 3.02. The zero-order valence-corrected chi connectivity index (χ0v) is 13.9. The van der Waals surface area contributed by atoms with E-state index < -0.39 is 0 Å². The first-order valence-corrected chi connectivity index (χ1v) is 7.69. The van der Waals surface area contributed by atoms with Crippen molar-refractivity contribution >= 4 is 39.9 Å². The number of phenolic OH excluding ortho intramolecular Hbond substituents is 1. The van der Waals surface area contributed by atoms with Crippen LogP contribution in [0.1, 0.15) is 12.5 Å². The molecule has 0 saturated heterocycles. The number of anilines is 1. The number of ether oxygens (including phenoxy) is 1. The zero-order valence-electron chi connectivity index (χ0n) is 11.0. The molecule has 2 aromatic carbocycles. The van der Waals surface area contributed by atoms with E-state index in [2.05, 4.69) is 27.9 Å². The van der Waals surface area contributed by atoms with Gasteiger partial charge in [-0.15, -0.1) is 0 Å². The van der Waals surface area contributed by atoms with E-state index >= 15 is 0 Å². The van der Waals surface area contributed by atoms with Gasteiger partial charge >= 0.3 is 0 Å². The normalized spacial score (nSPS) is 10.3. The van der Waals surface area contributed by atoms with Gasteiger partial charge in [0.25, 0.3) is 0 Å². The molecule has 0 aliphatic rings. The van der Waals surface area contributed by atoms with Gasteiger partial charge in [0.05, 0.1) is 17.3 Å². The highest BCUT2D eigenvalue weighted by molar-refractivity contribution is 14.1. The Kier molecular flexibility index (Phi) is 5.37. The molecule has 0 saturated carbocycles. The van der Waals surface area contributed by atoms with Crippen molar-refractivity contribution in [3.63, 3.8) is 0 Å². The number of benzene rings is 2. The number of phenols is 1. The Labute approximate surface area is 137 Å². The van der Waals surface area contributed by atoms with Crippen molar-refractivity contribution in [1.82, 2.24) is 0 Å². The molecule has 0 atom stereocenters. The molecule has 0 aromatic heterocycles. The van der Waals surface area contributed by atoms with Gasteiger partial charge in [0.2, 0.25) is 0 Å². The Hall–Kier alpha value is -1.14. The molecule has 5 heteroatoms. The van der Waals surface area contributed by atoms with Crippen molar-refractivity contribution in [3.05, 3.63) is 50.6 Å². The molecule has 3 nitrogen and oxygen atoms in total. The minimum absolute atomic E-state index is 0.155. The Morgan fingerprint density at radius 3 is 2.75 bits per heavy atom. The summed E-state index contributed by atoms with van der Waals surface area (Å²) in [4.78, 5) is 0. The monoisotopic (exact) mass is 403 g/mol. The number of aromatic hydroxyl groups is 1. The molecule has 0 radical (unpaired) electrons. The lowest BCUT2D eigenvalue weighted by atomic mass is 10.2. The van der Waals surface area contributed by atoms with Crippen LogP contribution in [0.5, 0.6) is 11.5 Å². The SMILES string of the molecule is CCOc1cc(CNc2ccc(I)cc2Cl)ccc1O. The molecule has 0 spiro atoms. The van der Waals surface area contributed by atoms with Crippen molar-refractivity contribution in [2.45, 2.75) is 13.5 Å². The topological polar surface area (TPSA) is 41.5 Å². The average Bonchev–Trinajstić information content (AvgIpc) is 2.41. The van der Waals surface area contributed by atoms with Gasteiger partial charge in [0.15, 0.2) is 11.5 Å². The van der Waals surface area contributed by atoms with Gasteiger partial charge in [0, 0.05) is 10.1 Å². The molecular formula is C15H15ClINO2. The van der Waals surface area contributed by atoms with Crippen LogP contribution in [-0.2, 0) is 6.54 Å². The minimum Gasteiger partial charge on any atom is -0.504 e. The number of rotatable bonds is 5. The summed E-state index contributed by atoms with van der Waals surface area (Å²) < 4.78 is 6.46. The lowest BCUT2D eigenvalue weighted by molar-refractivity contribution is 0.318. The van der Waals surface area contributed by atoms with E-state index in [9.17, 15) is 5.11 Å². The summed E-state index contributed by atoms with van der Waals surface area (Å²) in [7, 11) is 0. The second-order valence-corrected chi connectivity index (χ2v) is 5.87. The molecule has 2 N–H and O–H groups in total. The molecule has 0 aliphatic carbocycles. The van der Waals surface area contributed by atoms with Gasteiger partial charge in [0.1, 0.15) is 0 Å². The van der Waals surface area contributed by atoms with Crippen molar-refractivity contribution in [1.29, 1.82) is 0 Å². The Balaban J connectivity index is 2.08. The zero-order chi connectivity index (χ0) is 14.5. The highest BCUT2D eigenvalue weighted by Gasteiger charge is 2.05. The largest absolute Gasteiger partial charge is 0.504 e. The lowest BCUT2D eigenvalue weighted by Gasteiger charge is -2.11.